The highest BCUT2D eigenvalue weighted by Gasteiger charge is 2.18. The number of aromatic nitrogens is 4. The van der Waals surface area contributed by atoms with Crippen molar-refractivity contribution in [3.05, 3.63) is 41.1 Å². The Kier molecular flexibility index (Phi) is 2.83. The molecule has 2 rings (SSSR count). The zero-order valence-corrected chi connectivity index (χ0v) is 9.18. The number of anilines is 1. The molecular weight excluding hydrogens is 246 g/mol. The van der Waals surface area contributed by atoms with E-state index in [2.05, 4.69) is 20.2 Å². The molecule has 0 aliphatic carbocycles. The van der Waals surface area contributed by atoms with Crippen molar-refractivity contribution >= 4 is 16.0 Å². The van der Waals surface area contributed by atoms with Crippen LogP contribution >= 0.6 is 0 Å². The lowest BCUT2D eigenvalue weighted by atomic mass is 10.5. The van der Waals surface area contributed by atoms with Crippen LogP contribution < -0.4 is 10.2 Å². The molecule has 2 heterocycles. The van der Waals surface area contributed by atoms with Crippen molar-refractivity contribution in [1.29, 1.82) is 0 Å². The second kappa shape index (κ2) is 4.29. The van der Waals surface area contributed by atoms with Crippen LogP contribution in [0.5, 0.6) is 0 Å². The molecule has 17 heavy (non-hydrogen) atoms. The van der Waals surface area contributed by atoms with Crippen LogP contribution in [-0.4, -0.2) is 28.6 Å². The van der Waals surface area contributed by atoms with Crippen LogP contribution in [0.4, 0.5) is 5.95 Å². The minimum absolute atomic E-state index is 0.198. The molecule has 9 heteroatoms. The van der Waals surface area contributed by atoms with Gasteiger partial charge in [-0.3, -0.25) is 4.79 Å². The molecule has 88 valence electrons. The normalized spacial score (nSPS) is 11.1. The second-order valence-electron chi connectivity index (χ2n) is 2.94. The summed E-state index contributed by atoms with van der Waals surface area (Å²) >= 11 is 0. The SMILES string of the molecule is O=c1cc[nH]cc1S(=O)(=O)Nc1nccnn1. The lowest BCUT2D eigenvalue weighted by Crippen LogP contribution is -2.22. The smallest absolute Gasteiger partial charge is 0.269 e. The number of nitrogens with one attached hydrogen (secondary N) is 2. The Bertz CT molecular complexity index is 667. The number of hydrogen-bond acceptors (Lipinski definition) is 6. The first-order valence-electron chi connectivity index (χ1n) is 4.43. The molecule has 0 aliphatic rings. The summed E-state index contributed by atoms with van der Waals surface area (Å²) in [6.07, 6.45) is 5.00. The van der Waals surface area contributed by atoms with Gasteiger partial charge >= 0.3 is 0 Å². The lowest BCUT2D eigenvalue weighted by Gasteiger charge is -2.03. The molecule has 2 N–H and O–H groups in total. The Balaban J connectivity index is 2.39. The first kappa shape index (κ1) is 11.2. The predicted octanol–water partition coefficient (Wildman–Crippen LogP) is -0.639. The molecule has 0 atom stereocenters. The molecule has 0 amide bonds. The molecule has 8 nitrogen and oxygen atoms in total. The van der Waals surface area contributed by atoms with Crippen LogP contribution in [0.1, 0.15) is 0 Å². The van der Waals surface area contributed by atoms with Crippen molar-refractivity contribution in [2.45, 2.75) is 4.90 Å². The van der Waals surface area contributed by atoms with E-state index in [1.54, 1.807) is 0 Å². The standard InChI is InChI=1S/C8H7N5O3S/c14-6-1-2-9-5-7(6)17(15,16)13-8-10-3-4-11-12-8/h1-5H,(H,9,14)(H,10,12,13). The van der Waals surface area contributed by atoms with Gasteiger partial charge in [-0.25, -0.2) is 18.1 Å². The molecule has 0 bridgehead atoms. The van der Waals surface area contributed by atoms with E-state index < -0.39 is 20.3 Å². The van der Waals surface area contributed by atoms with Gasteiger partial charge in [0.25, 0.3) is 16.0 Å². The monoisotopic (exact) mass is 253 g/mol. The average molecular weight is 253 g/mol. The Morgan fingerprint density at radius 3 is 2.76 bits per heavy atom. The molecule has 0 radical (unpaired) electrons. The van der Waals surface area contributed by atoms with Crippen LogP contribution in [0.15, 0.2) is 40.5 Å². The highest BCUT2D eigenvalue weighted by Crippen LogP contribution is 2.05. The van der Waals surface area contributed by atoms with Crippen molar-refractivity contribution in [3.63, 3.8) is 0 Å². The first-order chi connectivity index (χ1) is 8.09. The number of nitrogens with zero attached hydrogens (tertiary/aromatic N) is 3. The van der Waals surface area contributed by atoms with Gasteiger partial charge in [0.1, 0.15) is 0 Å². The molecule has 0 fully saturated rings. The largest absolute Gasteiger partial charge is 0.366 e. The van der Waals surface area contributed by atoms with Crippen molar-refractivity contribution < 1.29 is 8.42 Å². The highest BCUT2D eigenvalue weighted by molar-refractivity contribution is 7.92. The van der Waals surface area contributed by atoms with Crippen molar-refractivity contribution in [3.8, 4) is 0 Å². The van der Waals surface area contributed by atoms with Crippen molar-refractivity contribution in [2.24, 2.45) is 0 Å². The number of aromatic amines is 1. The van der Waals surface area contributed by atoms with Gasteiger partial charge in [0.2, 0.25) is 5.43 Å². The third-order valence-electron chi connectivity index (χ3n) is 1.79. The summed E-state index contributed by atoms with van der Waals surface area (Å²) in [4.78, 5) is 17.1. The number of pyridine rings is 1. The molecule has 0 unspecified atom stereocenters. The molecule has 0 spiro atoms. The molecule has 0 saturated carbocycles. The molecule has 2 aromatic heterocycles. The Hall–Kier alpha value is -2.29. The van der Waals surface area contributed by atoms with E-state index in [0.717, 1.165) is 12.3 Å². The minimum atomic E-state index is -4.00. The molecule has 0 aliphatic heterocycles. The van der Waals surface area contributed by atoms with Gasteiger partial charge in [0.15, 0.2) is 4.90 Å². The topological polar surface area (TPSA) is 118 Å². The number of rotatable bonds is 3. The van der Waals surface area contributed by atoms with Gasteiger partial charge in [0.05, 0.1) is 12.4 Å². The predicted molar refractivity (Wildman–Crippen MR) is 57.7 cm³/mol. The summed E-state index contributed by atoms with van der Waals surface area (Å²) in [5.74, 6) is -0.198. The zero-order valence-electron chi connectivity index (χ0n) is 8.36. The maximum absolute atomic E-state index is 11.8. The summed E-state index contributed by atoms with van der Waals surface area (Å²) in [6.45, 7) is 0. The number of hydrogen-bond donors (Lipinski definition) is 2. The van der Waals surface area contributed by atoms with Crippen LogP contribution in [0.25, 0.3) is 0 Å². The van der Waals surface area contributed by atoms with Crippen LogP contribution in [0.3, 0.4) is 0 Å². The first-order valence-corrected chi connectivity index (χ1v) is 5.91. The summed E-state index contributed by atoms with van der Waals surface area (Å²) < 4.78 is 25.6. The summed E-state index contributed by atoms with van der Waals surface area (Å²) in [7, 11) is -4.00. The molecule has 0 saturated heterocycles. The third-order valence-corrected chi connectivity index (χ3v) is 3.14. The Morgan fingerprint density at radius 1 is 1.29 bits per heavy atom. The van der Waals surface area contributed by atoms with E-state index in [4.69, 9.17) is 0 Å². The van der Waals surface area contributed by atoms with Crippen molar-refractivity contribution in [2.75, 3.05) is 4.72 Å². The lowest BCUT2D eigenvalue weighted by molar-refractivity contribution is 0.599. The third kappa shape index (κ3) is 2.45. The van der Waals surface area contributed by atoms with Crippen LogP contribution in [0.2, 0.25) is 0 Å². The number of sulfonamides is 1. The molecule has 2 aromatic rings. The van der Waals surface area contributed by atoms with Gasteiger partial charge in [-0.1, -0.05) is 0 Å². The summed E-state index contributed by atoms with van der Waals surface area (Å²) in [5.41, 5.74) is -0.625. The maximum Gasteiger partial charge on any atom is 0.269 e. The van der Waals surface area contributed by atoms with E-state index in [1.165, 1.54) is 18.6 Å². The van der Waals surface area contributed by atoms with E-state index in [1.807, 2.05) is 4.72 Å². The second-order valence-corrected chi connectivity index (χ2v) is 4.60. The van der Waals surface area contributed by atoms with Gasteiger partial charge in [-0.15, -0.1) is 5.10 Å². The fourth-order valence-electron chi connectivity index (χ4n) is 1.08. The van der Waals surface area contributed by atoms with E-state index in [0.29, 0.717) is 0 Å². The van der Waals surface area contributed by atoms with Gasteiger partial charge in [-0.05, 0) is 0 Å². The Morgan fingerprint density at radius 2 is 2.12 bits per heavy atom. The molecular formula is C8H7N5O3S. The number of H-pyrrole nitrogens is 1. The average Bonchev–Trinajstić information content (AvgIpc) is 2.30. The fourth-order valence-corrected chi connectivity index (χ4v) is 2.08. The van der Waals surface area contributed by atoms with Gasteiger partial charge in [0, 0.05) is 18.5 Å². The maximum atomic E-state index is 11.8. The highest BCUT2D eigenvalue weighted by atomic mass is 32.2. The quantitative estimate of drug-likeness (QED) is 0.751. The van der Waals surface area contributed by atoms with Crippen molar-refractivity contribution in [1.82, 2.24) is 20.2 Å². The van der Waals surface area contributed by atoms with E-state index in [9.17, 15) is 13.2 Å². The van der Waals surface area contributed by atoms with Crippen LogP contribution in [-0.2, 0) is 10.0 Å². The summed E-state index contributed by atoms with van der Waals surface area (Å²) in [6, 6.07) is 1.11. The van der Waals surface area contributed by atoms with E-state index in [-0.39, 0.29) is 5.95 Å². The fraction of sp³-hybridized carbons (Fsp3) is 0. The zero-order chi connectivity index (χ0) is 12.3. The molecule has 0 aromatic carbocycles. The van der Waals surface area contributed by atoms with Crippen LogP contribution in [0, 0.1) is 0 Å². The Labute approximate surface area is 95.8 Å². The minimum Gasteiger partial charge on any atom is -0.366 e. The van der Waals surface area contributed by atoms with Gasteiger partial charge in [-0.2, -0.15) is 5.10 Å². The summed E-state index contributed by atoms with van der Waals surface area (Å²) in [5, 5.41) is 6.92. The van der Waals surface area contributed by atoms with Gasteiger partial charge < -0.3 is 4.98 Å². The van der Waals surface area contributed by atoms with E-state index >= 15 is 0 Å².